The number of hydrogen-bond acceptors (Lipinski definition) is 0. The topological polar surface area (TPSA) is 0 Å². The minimum atomic E-state index is 0.623. The Morgan fingerprint density at radius 2 is 2.25 bits per heavy atom. The van der Waals surface area contributed by atoms with E-state index in [1.54, 1.807) is 0 Å². The first-order valence-corrected chi connectivity index (χ1v) is 7.50. The third kappa shape index (κ3) is 3.34. The van der Waals surface area contributed by atoms with Crippen molar-refractivity contribution >= 4 is 30.7 Å². The molecule has 0 fully saturated rings. The summed E-state index contributed by atoms with van der Waals surface area (Å²) in [5.41, 5.74) is 0. The molecule has 0 saturated heterocycles. The summed E-state index contributed by atoms with van der Waals surface area (Å²) < 4.78 is 0. The van der Waals surface area contributed by atoms with Gasteiger partial charge in [0.05, 0.1) is 6.97 Å². The molecule has 4 heavy (non-hydrogen) atoms. The maximum absolute atomic E-state index is 3.34. The SMILES string of the molecule is CP[PH2+]Br. The van der Waals surface area contributed by atoms with Crippen LogP contribution in [0.15, 0.2) is 0 Å². The Hall–Kier alpha value is 1.34. The summed E-state index contributed by atoms with van der Waals surface area (Å²) >= 11 is 3.34. The fourth-order valence-electron chi connectivity index (χ4n) is 0. The summed E-state index contributed by atoms with van der Waals surface area (Å²) in [5, 5.41) is 0. The Morgan fingerprint density at radius 3 is 2.25 bits per heavy atom. The van der Waals surface area contributed by atoms with E-state index in [1.807, 2.05) is 0 Å². The molecule has 0 amide bonds. The highest BCUT2D eigenvalue weighted by molar-refractivity contribution is 9.41. The first kappa shape index (κ1) is 5.34. The predicted octanol–water partition coefficient (Wildman–Crippen LogP) is 1.93. The summed E-state index contributed by atoms with van der Waals surface area (Å²) in [5.74, 6) is 0. The Morgan fingerprint density at radius 1 is 2.00 bits per heavy atom. The van der Waals surface area contributed by atoms with Crippen LogP contribution in [0.4, 0.5) is 0 Å². The summed E-state index contributed by atoms with van der Waals surface area (Å²) in [7, 11) is 1.14. The largest absolute Gasteiger partial charge is 0.135 e. The standard InChI is InChI=1S/CH5BrP2/c1-3-4-2/h3-4H,1H3/p+1. The van der Waals surface area contributed by atoms with Gasteiger partial charge in [-0.3, -0.25) is 0 Å². The molecule has 0 aromatic carbocycles. The molecular formula is CH6BrP2+. The van der Waals surface area contributed by atoms with Crippen LogP contribution in [0.5, 0.6) is 0 Å². The molecule has 0 saturated carbocycles. The molecule has 0 nitrogen and oxygen atoms in total. The second kappa shape index (κ2) is 4.34. The lowest BCUT2D eigenvalue weighted by Gasteiger charge is -1.56. The second-order valence-electron chi connectivity index (χ2n) is 0.398. The summed E-state index contributed by atoms with van der Waals surface area (Å²) in [6.07, 6.45) is 0. The highest BCUT2D eigenvalue weighted by Crippen LogP contribution is 2.39. The zero-order valence-corrected chi connectivity index (χ0v) is 6.20. The van der Waals surface area contributed by atoms with Gasteiger partial charge in [-0.05, 0) is 6.66 Å². The Labute approximate surface area is 37.9 Å². The van der Waals surface area contributed by atoms with Crippen molar-refractivity contribution in [2.45, 2.75) is 0 Å². The van der Waals surface area contributed by atoms with E-state index >= 15 is 0 Å². The van der Waals surface area contributed by atoms with Crippen molar-refractivity contribution in [2.75, 3.05) is 6.66 Å². The van der Waals surface area contributed by atoms with Crippen molar-refractivity contribution in [2.24, 2.45) is 0 Å². The van der Waals surface area contributed by atoms with E-state index in [0.717, 1.165) is 8.27 Å². The van der Waals surface area contributed by atoms with Gasteiger partial charge in [-0.15, -0.1) is 0 Å². The predicted molar refractivity (Wildman–Crippen MR) is 32.9 cm³/mol. The normalized spacial score (nSPS) is 13.5. The fourth-order valence-corrected chi connectivity index (χ4v) is 0. The molecule has 26 valence electrons. The molecule has 0 aromatic rings. The Balaban J connectivity index is 1.97. The molecular weight excluding hydrogens is 154 g/mol. The van der Waals surface area contributed by atoms with Crippen LogP contribution in [-0.2, 0) is 0 Å². The molecule has 0 radical (unpaired) electrons. The number of rotatable bonds is 1. The van der Waals surface area contributed by atoms with Gasteiger partial charge in [-0.1, -0.05) is 0 Å². The van der Waals surface area contributed by atoms with Crippen LogP contribution >= 0.6 is 30.7 Å². The molecule has 2 atom stereocenters. The first-order valence-electron chi connectivity index (χ1n) is 1.01. The summed E-state index contributed by atoms with van der Waals surface area (Å²) in [6.45, 7) is 2.82. The minimum absolute atomic E-state index is 0.623. The maximum atomic E-state index is 3.34. The third-order valence-corrected chi connectivity index (χ3v) is 5.10. The quantitative estimate of drug-likeness (QED) is 0.514. The van der Waals surface area contributed by atoms with E-state index in [2.05, 4.69) is 22.2 Å². The summed E-state index contributed by atoms with van der Waals surface area (Å²) in [6, 6.07) is 0. The average molecular weight is 160 g/mol. The molecule has 0 aliphatic heterocycles. The van der Waals surface area contributed by atoms with Gasteiger partial charge in [-0.2, -0.15) is 0 Å². The van der Waals surface area contributed by atoms with Crippen LogP contribution in [0, 0.1) is 0 Å². The van der Waals surface area contributed by atoms with Gasteiger partial charge < -0.3 is 0 Å². The molecule has 0 heterocycles. The van der Waals surface area contributed by atoms with Crippen LogP contribution in [0.25, 0.3) is 0 Å². The molecule has 0 aromatic heterocycles. The molecule has 3 heteroatoms. The fraction of sp³-hybridized carbons (Fsp3) is 1.00. The van der Waals surface area contributed by atoms with Crippen molar-refractivity contribution in [3.05, 3.63) is 0 Å². The van der Waals surface area contributed by atoms with Gasteiger partial charge in [0.2, 0.25) is 0 Å². The van der Waals surface area contributed by atoms with E-state index in [1.165, 1.54) is 0 Å². The first-order chi connectivity index (χ1) is 1.91. The van der Waals surface area contributed by atoms with Crippen LogP contribution in [0.3, 0.4) is 0 Å². The van der Waals surface area contributed by atoms with Gasteiger partial charge in [0, 0.05) is 8.27 Å². The molecule has 0 aliphatic carbocycles. The molecule has 0 spiro atoms. The van der Waals surface area contributed by atoms with Gasteiger partial charge >= 0.3 is 0 Å². The minimum Gasteiger partial charge on any atom is -0.0111 e. The van der Waals surface area contributed by atoms with Gasteiger partial charge in [0.15, 0.2) is 0 Å². The third-order valence-electron chi connectivity index (χ3n) is 0.109. The lowest BCUT2D eigenvalue weighted by Crippen LogP contribution is -1.05. The Kier molecular flexibility index (Phi) is 5.79. The molecule has 0 rings (SSSR count). The number of halogens is 1. The van der Waals surface area contributed by atoms with Crippen LogP contribution in [0.2, 0.25) is 0 Å². The van der Waals surface area contributed by atoms with E-state index in [-0.39, 0.29) is 0 Å². The smallest absolute Gasteiger partial charge is 0.0111 e. The summed E-state index contributed by atoms with van der Waals surface area (Å²) in [4.78, 5) is 0. The van der Waals surface area contributed by atoms with E-state index < -0.39 is 0 Å². The highest BCUT2D eigenvalue weighted by Gasteiger charge is 1.68. The van der Waals surface area contributed by atoms with Crippen molar-refractivity contribution in [3.63, 3.8) is 0 Å². The van der Waals surface area contributed by atoms with Crippen molar-refractivity contribution in [1.82, 2.24) is 0 Å². The molecule has 2 unspecified atom stereocenters. The lowest BCUT2D eigenvalue weighted by atomic mass is 12.0. The van der Waals surface area contributed by atoms with E-state index in [9.17, 15) is 0 Å². The average Bonchev–Trinajstić information content (AvgIpc) is 1.37. The number of hydrogen-bond donors (Lipinski definition) is 0. The zero-order valence-electron chi connectivity index (χ0n) is 2.46. The van der Waals surface area contributed by atoms with Crippen molar-refractivity contribution in [3.8, 4) is 0 Å². The van der Waals surface area contributed by atoms with Crippen LogP contribution in [0.1, 0.15) is 0 Å². The van der Waals surface area contributed by atoms with E-state index in [0.29, 0.717) is 6.97 Å². The maximum Gasteiger partial charge on any atom is 0.135 e. The lowest BCUT2D eigenvalue weighted by molar-refractivity contribution is 2.51. The van der Waals surface area contributed by atoms with Crippen molar-refractivity contribution in [1.29, 1.82) is 0 Å². The van der Waals surface area contributed by atoms with Crippen LogP contribution in [-0.4, -0.2) is 6.66 Å². The van der Waals surface area contributed by atoms with Gasteiger partial charge in [-0.25, -0.2) is 0 Å². The van der Waals surface area contributed by atoms with Gasteiger partial charge in [0.1, 0.15) is 15.5 Å². The van der Waals surface area contributed by atoms with Crippen molar-refractivity contribution < 1.29 is 0 Å². The second-order valence-corrected chi connectivity index (χ2v) is 7.70. The molecule has 0 bridgehead atoms. The van der Waals surface area contributed by atoms with Crippen LogP contribution < -0.4 is 0 Å². The highest BCUT2D eigenvalue weighted by atomic mass is 79.9. The zero-order chi connectivity index (χ0) is 3.41. The van der Waals surface area contributed by atoms with E-state index in [4.69, 9.17) is 0 Å². The molecule has 0 N–H and O–H groups in total. The Bertz CT molecular complexity index is 8.00. The van der Waals surface area contributed by atoms with Gasteiger partial charge in [0.25, 0.3) is 0 Å². The molecule has 0 aliphatic rings. The monoisotopic (exact) mass is 159 g/mol.